The fraction of sp³-hybridized carbons (Fsp3) is 0.500. The molecule has 1 fully saturated rings. The minimum atomic E-state index is 0.0466. The number of hydrogen-bond donors (Lipinski definition) is 2. The minimum absolute atomic E-state index is 0.0466. The maximum absolute atomic E-state index is 6.21. The SMILES string of the molecule is CCCc1sc(-c2ccc(OC)c(OCCN3CCN(C)CC3)c2)nc1[C@@H](C)Sc1nc(N)cc(N)n1. The van der Waals surface area contributed by atoms with Crippen LogP contribution >= 0.6 is 23.1 Å². The quantitative estimate of drug-likeness (QED) is 0.269. The predicted molar refractivity (Wildman–Crippen MR) is 153 cm³/mol. The molecule has 0 amide bonds. The van der Waals surface area contributed by atoms with E-state index in [1.54, 1.807) is 24.5 Å². The Kier molecular flexibility index (Phi) is 9.47. The number of aryl methyl sites for hydroxylation is 1. The summed E-state index contributed by atoms with van der Waals surface area (Å²) >= 11 is 3.24. The van der Waals surface area contributed by atoms with Gasteiger partial charge in [0.2, 0.25) is 0 Å². The molecule has 1 aromatic carbocycles. The lowest BCUT2D eigenvalue weighted by molar-refractivity contribution is 0.133. The molecule has 0 spiro atoms. The van der Waals surface area contributed by atoms with Gasteiger partial charge in [-0.25, -0.2) is 15.0 Å². The van der Waals surface area contributed by atoms with Crippen LogP contribution < -0.4 is 20.9 Å². The average molecular weight is 544 g/mol. The van der Waals surface area contributed by atoms with Crippen molar-refractivity contribution in [2.75, 3.05) is 65.0 Å². The number of nitrogen functional groups attached to an aromatic ring is 2. The Hall–Kier alpha value is -2.60. The van der Waals surface area contributed by atoms with Gasteiger partial charge < -0.3 is 25.8 Å². The fourth-order valence-electron chi connectivity index (χ4n) is 4.22. The first kappa shape index (κ1) is 27.4. The van der Waals surface area contributed by atoms with Crippen LogP contribution in [0.15, 0.2) is 29.4 Å². The summed E-state index contributed by atoms with van der Waals surface area (Å²) in [5.41, 5.74) is 13.8. The molecule has 11 heteroatoms. The van der Waals surface area contributed by atoms with Crippen LogP contribution in [0.1, 0.15) is 36.1 Å². The van der Waals surface area contributed by atoms with Gasteiger partial charge in [-0.1, -0.05) is 25.1 Å². The van der Waals surface area contributed by atoms with Crippen molar-refractivity contribution in [3.8, 4) is 22.1 Å². The Bertz CT molecular complexity index is 1160. The van der Waals surface area contributed by atoms with Gasteiger partial charge in [-0.05, 0) is 38.6 Å². The largest absolute Gasteiger partial charge is 0.493 e. The lowest BCUT2D eigenvalue weighted by Gasteiger charge is -2.32. The van der Waals surface area contributed by atoms with Crippen molar-refractivity contribution >= 4 is 34.7 Å². The third-order valence-electron chi connectivity index (χ3n) is 6.29. The summed E-state index contributed by atoms with van der Waals surface area (Å²) in [5.74, 6) is 2.21. The summed E-state index contributed by atoms with van der Waals surface area (Å²) in [6, 6.07) is 7.61. The highest BCUT2D eigenvalue weighted by molar-refractivity contribution is 7.99. The van der Waals surface area contributed by atoms with Gasteiger partial charge in [0, 0.05) is 49.2 Å². The smallest absolute Gasteiger partial charge is 0.192 e. The average Bonchev–Trinajstić information content (AvgIpc) is 3.29. The Morgan fingerprint density at radius 2 is 1.78 bits per heavy atom. The molecule has 0 aliphatic carbocycles. The zero-order chi connectivity index (χ0) is 26.4. The molecule has 2 aromatic heterocycles. The fourth-order valence-corrected chi connectivity index (χ4v) is 6.49. The van der Waals surface area contributed by atoms with Crippen molar-refractivity contribution in [3.63, 3.8) is 0 Å². The number of piperazine rings is 1. The van der Waals surface area contributed by atoms with Gasteiger partial charge in [0.15, 0.2) is 16.7 Å². The van der Waals surface area contributed by atoms with Crippen molar-refractivity contribution in [2.24, 2.45) is 0 Å². The summed E-state index contributed by atoms with van der Waals surface area (Å²) < 4.78 is 11.8. The number of anilines is 2. The molecule has 0 radical (unpaired) electrons. The first-order valence-electron chi connectivity index (χ1n) is 12.6. The van der Waals surface area contributed by atoms with Crippen LogP contribution in [0, 0.1) is 0 Å². The van der Waals surface area contributed by atoms with E-state index < -0.39 is 0 Å². The van der Waals surface area contributed by atoms with Crippen molar-refractivity contribution in [2.45, 2.75) is 37.1 Å². The van der Waals surface area contributed by atoms with Gasteiger partial charge in [0.05, 0.1) is 18.1 Å². The number of methoxy groups -OCH3 is 1. The number of hydrogen-bond acceptors (Lipinski definition) is 11. The second-order valence-corrected chi connectivity index (χ2v) is 11.6. The van der Waals surface area contributed by atoms with Gasteiger partial charge in [0.25, 0.3) is 0 Å². The molecule has 1 saturated heterocycles. The summed E-state index contributed by atoms with van der Waals surface area (Å²) in [7, 11) is 3.84. The molecule has 1 aliphatic rings. The molecule has 37 heavy (non-hydrogen) atoms. The van der Waals surface area contributed by atoms with E-state index in [0.29, 0.717) is 23.4 Å². The van der Waals surface area contributed by atoms with E-state index in [4.69, 9.17) is 25.9 Å². The summed E-state index contributed by atoms with van der Waals surface area (Å²) in [4.78, 5) is 19.8. The van der Waals surface area contributed by atoms with E-state index in [9.17, 15) is 0 Å². The number of thiazole rings is 1. The van der Waals surface area contributed by atoms with Gasteiger partial charge in [-0.2, -0.15) is 0 Å². The number of benzene rings is 1. The van der Waals surface area contributed by atoms with Crippen LogP contribution in [0.25, 0.3) is 10.6 Å². The van der Waals surface area contributed by atoms with Crippen molar-refractivity contribution in [3.05, 3.63) is 34.8 Å². The highest BCUT2D eigenvalue weighted by Gasteiger charge is 2.21. The topological polar surface area (TPSA) is 116 Å². The van der Waals surface area contributed by atoms with Gasteiger partial charge >= 0.3 is 0 Å². The first-order chi connectivity index (χ1) is 17.9. The molecule has 1 atom stereocenters. The Labute approximate surface area is 227 Å². The molecule has 4 rings (SSSR count). The van der Waals surface area contributed by atoms with Crippen molar-refractivity contribution in [1.29, 1.82) is 0 Å². The van der Waals surface area contributed by atoms with Gasteiger partial charge in [-0.3, -0.25) is 4.90 Å². The highest BCUT2D eigenvalue weighted by Crippen LogP contribution is 2.41. The molecule has 1 aliphatic heterocycles. The lowest BCUT2D eigenvalue weighted by atomic mass is 10.2. The predicted octanol–water partition coefficient (Wildman–Crippen LogP) is 4.21. The maximum atomic E-state index is 6.21. The number of likely N-dealkylation sites (N-methyl/N-ethyl adjacent to an activating group) is 1. The van der Waals surface area contributed by atoms with E-state index in [2.05, 4.69) is 40.7 Å². The third-order valence-corrected chi connectivity index (χ3v) is 8.44. The molecular weight excluding hydrogens is 506 g/mol. The normalized spacial score (nSPS) is 15.6. The zero-order valence-corrected chi connectivity index (χ0v) is 23.7. The van der Waals surface area contributed by atoms with Crippen LogP contribution in [0.5, 0.6) is 11.5 Å². The molecule has 3 aromatic rings. The van der Waals surface area contributed by atoms with E-state index in [1.165, 1.54) is 16.6 Å². The van der Waals surface area contributed by atoms with Crippen LogP contribution in [-0.2, 0) is 6.42 Å². The molecule has 9 nitrogen and oxygen atoms in total. The minimum Gasteiger partial charge on any atom is -0.493 e. The number of aromatic nitrogens is 3. The van der Waals surface area contributed by atoms with Crippen LogP contribution in [0.3, 0.4) is 0 Å². The number of thioether (sulfide) groups is 1. The number of ether oxygens (including phenoxy) is 2. The van der Waals surface area contributed by atoms with Crippen LogP contribution in [0.4, 0.5) is 11.6 Å². The maximum Gasteiger partial charge on any atom is 0.192 e. The molecule has 200 valence electrons. The van der Waals surface area contributed by atoms with E-state index in [0.717, 1.165) is 73.3 Å². The molecule has 0 bridgehead atoms. The van der Waals surface area contributed by atoms with E-state index in [1.807, 2.05) is 18.2 Å². The first-order valence-corrected chi connectivity index (χ1v) is 14.3. The Balaban J connectivity index is 1.51. The van der Waals surface area contributed by atoms with Crippen LogP contribution in [0.2, 0.25) is 0 Å². The summed E-state index contributed by atoms with van der Waals surface area (Å²) in [5, 5.41) is 1.57. The Morgan fingerprint density at radius 3 is 2.46 bits per heavy atom. The number of nitrogens with two attached hydrogens (primary N) is 2. The molecular formula is C26H37N7O2S2. The Morgan fingerprint density at radius 1 is 1.05 bits per heavy atom. The third kappa shape index (κ3) is 7.25. The second-order valence-electron chi connectivity index (χ2n) is 9.20. The molecule has 4 N–H and O–H groups in total. The van der Waals surface area contributed by atoms with Gasteiger partial charge in [0.1, 0.15) is 23.3 Å². The van der Waals surface area contributed by atoms with Gasteiger partial charge in [-0.15, -0.1) is 11.3 Å². The lowest BCUT2D eigenvalue weighted by Crippen LogP contribution is -2.45. The van der Waals surface area contributed by atoms with E-state index in [-0.39, 0.29) is 5.25 Å². The van der Waals surface area contributed by atoms with E-state index >= 15 is 0 Å². The number of nitrogens with zero attached hydrogens (tertiary/aromatic N) is 5. The monoisotopic (exact) mass is 543 g/mol. The number of rotatable bonds is 11. The van der Waals surface area contributed by atoms with Crippen molar-refractivity contribution in [1.82, 2.24) is 24.8 Å². The second kappa shape index (κ2) is 12.8. The summed E-state index contributed by atoms with van der Waals surface area (Å²) in [6.45, 7) is 10.2. The highest BCUT2D eigenvalue weighted by atomic mass is 32.2. The molecule has 0 saturated carbocycles. The summed E-state index contributed by atoms with van der Waals surface area (Å²) in [6.07, 6.45) is 2.00. The van der Waals surface area contributed by atoms with Crippen LogP contribution in [-0.4, -0.2) is 78.2 Å². The van der Waals surface area contributed by atoms with Crippen molar-refractivity contribution < 1.29 is 9.47 Å². The zero-order valence-electron chi connectivity index (χ0n) is 22.1. The standard InChI is InChI=1S/C26H37N7O2S2/c1-5-6-21-24(17(2)36-26-29-22(27)16-23(28)30-26)31-25(37-21)18-7-8-19(34-4)20(15-18)35-14-13-33-11-9-32(3)10-12-33/h7-8,15-17H,5-6,9-14H2,1-4H3,(H4,27,28,29,30)/t17-/m1/s1. The molecule has 3 heterocycles. The molecule has 0 unspecified atom stereocenters.